The largest absolute Gasteiger partial charge is 0.481 e. The monoisotopic (exact) mass is 448 g/mol. The minimum Gasteiger partial charge on any atom is -0.481 e. The van der Waals surface area contributed by atoms with Crippen molar-refractivity contribution in [3.8, 4) is 5.75 Å². The molecule has 2 aromatic rings. The zero-order chi connectivity index (χ0) is 23.2. The van der Waals surface area contributed by atoms with E-state index >= 15 is 0 Å². The molecule has 0 unspecified atom stereocenters. The van der Waals surface area contributed by atoms with Crippen molar-refractivity contribution < 1.29 is 14.3 Å². The van der Waals surface area contributed by atoms with E-state index < -0.39 is 6.10 Å². The fourth-order valence-corrected chi connectivity index (χ4v) is 5.15. The van der Waals surface area contributed by atoms with Crippen molar-refractivity contribution in [1.29, 1.82) is 0 Å². The predicted molar refractivity (Wildman–Crippen MR) is 130 cm³/mol. The Labute approximate surface area is 197 Å². The first-order valence-corrected chi connectivity index (χ1v) is 12.5. The molecule has 2 aromatic carbocycles. The van der Waals surface area contributed by atoms with E-state index in [1.54, 1.807) is 0 Å². The van der Waals surface area contributed by atoms with Crippen LogP contribution in [0.4, 0.5) is 0 Å². The molecule has 33 heavy (non-hydrogen) atoms. The van der Waals surface area contributed by atoms with Crippen LogP contribution in [-0.2, 0) is 16.0 Å². The van der Waals surface area contributed by atoms with Crippen LogP contribution in [0.1, 0.15) is 75.1 Å². The highest BCUT2D eigenvalue weighted by molar-refractivity contribution is 5.81. The average Bonchev–Trinajstić information content (AvgIpc) is 3.40. The van der Waals surface area contributed by atoms with Crippen LogP contribution >= 0.6 is 0 Å². The molecule has 1 N–H and O–H groups in total. The van der Waals surface area contributed by atoms with Crippen molar-refractivity contribution in [2.75, 3.05) is 13.1 Å². The number of hydrogen-bond donors (Lipinski definition) is 1. The standard InChI is InChI=1S/C28H36N2O3/c1-3-17-29-27(31)25(4-2)33-23-15-14-20-16-18-30(28(32)22-12-8-9-13-22)26(24(20)19-23)21-10-6-5-7-11-21/h5-7,10-11,14-15,19,22,25-26H,3-4,8-9,12-13,16-18H2,1-2H3,(H,29,31)/t25-,26-/m0/s1. The molecule has 0 spiro atoms. The summed E-state index contributed by atoms with van der Waals surface area (Å²) < 4.78 is 6.15. The summed E-state index contributed by atoms with van der Waals surface area (Å²) in [6.07, 6.45) is 6.10. The molecule has 5 nitrogen and oxygen atoms in total. The van der Waals surface area contributed by atoms with Gasteiger partial charge in [0.2, 0.25) is 5.91 Å². The number of carbonyl (C=O) groups excluding carboxylic acids is 2. The summed E-state index contributed by atoms with van der Waals surface area (Å²) in [7, 11) is 0. The van der Waals surface area contributed by atoms with Gasteiger partial charge in [-0.05, 0) is 60.9 Å². The van der Waals surface area contributed by atoms with Gasteiger partial charge >= 0.3 is 0 Å². The summed E-state index contributed by atoms with van der Waals surface area (Å²) in [5.41, 5.74) is 3.48. The summed E-state index contributed by atoms with van der Waals surface area (Å²) in [5.74, 6) is 1.03. The van der Waals surface area contributed by atoms with E-state index in [0.717, 1.165) is 56.2 Å². The van der Waals surface area contributed by atoms with Crippen LogP contribution in [-0.4, -0.2) is 35.9 Å². The van der Waals surface area contributed by atoms with Gasteiger partial charge in [0, 0.05) is 19.0 Å². The number of ether oxygens (including phenoxy) is 1. The Bertz CT molecular complexity index is 953. The van der Waals surface area contributed by atoms with Gasteiger partial charge in [0.05, 0.1) is 6.04 Å². The Morgan fingerprint density at radius 3 is 2.55 bits per heavy atom. The number of rotatable bonds is 8. The van der Waals surface area contributed by atoms with E-state index in [4.69, 9.17) is 4.74 Å². The maximum atomic E-state index is 13.5. The van der Waals surface area contributed by atoms with Crippen LogP contribution < -0.4 is 10.1 Å². The molecule has 2 aliphatic rings. The van der Waals surface area contributed by atoms with Crippen LogP contribution in [0.3, 0.4) is 0 Å². The second kappa shape index (κ2) is 10.9. The molecule has 0 saturated heterocycles. The molecule has 176 valence electrons. The number of amides is 2. The fraction of sp³-hybridized carbons (Fsp3) is 0.500. The molecule has 0 radical (unpaired) electrons. The highest BCUT2D eigenvalue weighted by Crippen LogP contribution is 2.39. The molecule has 1 fully saturated rings. The van der Waals surface area contributed by atoms with Gasteiger partial charge in [-0.15, -0.1) is 0 Å². The quantitative estimate of drug-likeness (QED) is 0.616. The van der Waals surface area contributed by atoms with Gasteiger partial charge < -0.3 is 15.0 Å². The van der Waals surface area contributed by atoms with Crippen LogP contribution in [0.25, 0.3) is 0 Å². The van der Waals surface area contributed by atoms with E-state index in [-0.39, 0.29) is 23.8 Å². The molecular formula is C28H36N2O3. The van der Waals surface area contributed by atoms with Gasteiger partial charge in [-0.3, -0.25) is 9.59 Å². The molecule has 1 aliphatic heterocycles. The first-order chi connectivity index (χ1) is 16.1. The third-order valence-electron chi connectivity index (χ3n) is 6.94. The number of benzene rings is 2. The molecule has 0 bridgehead atoms. The van der Waals surface area contributed by atoms with Crippen molar-refractivity contribution in [1.82, 2.24) is 10.2 Å². The molecule has 4 rings (SSSR count). The number of nitrogens with zero attached hydrogens (tertiary/aromatic N) is 1. The Morgan fingerprint density at radius 2 is 1.85 bits per heavy atom. The fourth-order valence-electron chi connectivity index (χ4n) is 5.15. The van der Waals surface area contributed by atoms with Gasteiger partial charge in [-0.1, -0.05) is 63.1 Å². The van der Waals surface area contributed by atoms with E-state index in [1.807, 2.05) is 38.1 Å². The molecule has 1 heterocycles. The van der Waals surface area contributed by atoms with Crippen LogP contribution in [0, 0.1) is 5.92 Å². The highest BCUT2D eigenvalue weighted by atomic mass is 16.5. The summed E-state index contributed by atoms with van der Waals surface area (Å²) in [5, 5.41) is 2.94. The molecule has 2 amide bonds. The van der Waals surface area contributed by atoms with Crippen molar-refractivity contribution in [2.24, 2.45) is 5.92 Å². The van der Waals surface area contributed by atoms with Crippen molar-refractivity contribution >= 4 is 11.8 Å². The van der Waals surface area contributed by atoms with Crippen molar-refractivity contribution in [3.05, 3.63) is 65.2 Å². The Balaban J connectivity index is 1.65. The molecule has 0 aromatic heterocycles. The third-order valence-corrected chi connectivity index (χ3v) is 6.94. The second-order valence-electron chi connectivity index (χ2n) is 9.24. The highest BCUT2D eigenvalue weighted by Gasteiger charge is 2.36. The SMILES string of the molecule is CCCNC(=O)[C@H](CC)Oc1ccc2c(c1)[C@H](c1ccccc1)N(C(=O)C1CCCC1)CC2. The normalized spacial score (nSPS) is 19.1. The lowest BCUT2D eigenvalue weighted by atomic mass is 9.87. The zero-order valence-electron chi connectivity index (χ0n) is 19.9. The molecule has 1 aliphatic carbocycles. The number of hydrogen-bond acceptors (Lipinski definition) is 3. The van der Waals surface area contributed by atoms with Crippen LogP contribution in [0.5, 0.6) is 5.75 Å². The smallest absolute Gasteiger partial charge is 0.261 e. The minimum absolute atomic E-state index is 0.0743. The van der Waals surface area contributed by atoms with Crippen LogP contribution in [0.15, 0.2) is 48.5 Å². The lowest BCUT2D eigenvalue weighted by Crippen LogP contribution is -2.43. The second-order valence-corrected chi connectivity index (χ2v) is 9.24. The maximum Gasteiger partial charge on any atom is 0.261 e. The van der Waals surface area contributed by atoms with Gasteiger partial charge in [0.25, 0.3) is 5.91 Å². The Hall–Kier alpha value is -2.82. The predicted octanol–water partition coefficient (Wildman–Crippen LogP) is 5.03. The lowest BCUT2D eigenvalue weighted by molar-refractivity contribution is -0.137. The summed E-state index contributed by atoms with van der Waals surface area (Å²) in [6, 6.07) is 16.3. The van der Waals surface area contributed by atoms with Gasteiger partial charge in [-0.2, -0.15) is 0 Å². The summed E-state index contributed by atoms with van der Waals surface area (Å²) in [6.45, 7) is 5.38. The average molecular weight is 449 g/mol. The first kappa shape index (κ1) is 23.3. The van der Waals surface area contributed by atoms with E-state index in [2.05, 4.69) is 34.5 Å². The zero-order valence-corrected chi connectivity index (χ0v) is 19.9. The Kier molecular flexibility index (Phi) is 7.69. The van der Waals surface area contributed by atoms with Crippen molar-refractivity contribution in [3.63, 3.8) is 0 Å². The topological polar surface area (TPSA) is 58.6 Å². The minimum atomic E-state index is -0.524. The number of nitrogens with one attached hydrogen (secondary N) is 1. The van der Waals surface area contributed by atoms with E-state index in [9.17, 15) is 9.59 Å². The van der Waals surface area contributed by atoms with Crippen molar-refractivity contribution in [2.45, 2.75) is 70.9 Å². The summed E-state index contributed by atoms with van der Waals surface area (Å²) >= 11 is 0. The Morgan fingerprint density at radius 1 is 1.09 bits per heavy atom. The first-order valence-electron chi connectivity index (χ1n) is 12.5. The third kappa shape index (κ3) is 5.23. The van der Waals surface area contributed by atoms with Gasteiger partial charge in [-0.25, -0.2) is 0 Å². The maximum absolute atomic E-state index is 13.5. The lowest BCUT2D eigenvalue weighted by Gasteiger charge is -2.39. The van der Waals surface area contributed by atoms with E-state index in [1.165, 1.54) is 5.56 Å². The van der Waals surface area contributed by atoms with E-state index in [0.29, 0.717) is 18.7 Å². The van der Waals surface area contributed by atoms with Gasteiger partial charge in [0.15, 0.2) is 6.10 Å². The van der Waals surface area contributed by atoms with Gasteiger partial charge in [0.1, 0.15) is 5.75 Å². The van der Waals surface area contributed by atoms with Crippen LogP contribution in [0.2, 0.25) is 0 Å². The molecule has 1 saturated carbocycles. The summed E-state index contributed by atoms with van der Waals surface area (Å²) in [4.78, 5) is 28.1. The molecule has 5 heteroatoms. The molecule has 2 atom stereocenters. The molecular weight excluding hydrogens is 412 g/mol. The number of fused-ring (bicyclic) bond motifs is 1. The number of carbonyl (C=O) groups is 2.